The standard InChI is InChI=1S/C38H40ClN3O4S/c39-34-16-15-32(37(43)41-21-17-30(18-22-41)25-28-9-3-1-4-10-28)27-36(34)47(45,46)40-35-14-8-7-13-33(35)38(44)42-23-19-31(20-24-42)26-29-11-5-2-6-12-29/h1-16,27,30-31,40H,17-26H2. The topological polar surface area (TPSA) is 86.8 Å². The molecule has 4 aromatic rings. The van der Waals surface area contributed by atoms with E-state index in [1.807, 2.05) is 36.4 Å². The highest BCUT2D eigenvalue weighted by Crippen LogP contribution is 2.30. The van der Waals surface area contributed by atoms with Gasteiger partial charge < -0.3 is 9.80 Å². The molecule has 0 aliphatic carbocycles. The van der Waals surface area contributed by atoms with E-state index < -0.39 is 10.0 Å². The molecule has 6 rings (SSSR count). The molecule has 2 amide bonds. The number of carbonyl (C=O) groups is 2. The third-order valence-corrected chi connectivity index (χ3v) is 11.3. The molecule has 0 radical (unpaired) electrons. The van der Waals surface area contributed by atoms with Crippen molar-refractivity contribution >= 4 is 39.1 Å². The maximum absolute atomic E-state index is 13.7. The summed E-state index contributed by atoms with van der Waals surface area (Å²) in [6.45, 7) is 2.43. The van der Waals surface area contributed by atoms with Crippen molar-refractivity contribution in [3.63, 3.8) is 0 Å². The highest BCUT2D eigenvalue weighted by molar-refractivity contribution is 7.92. The fourth-order valence-corrected chi connectivity index (χ4v) is 8.34. The van der Waals surface area contributed by atoms with Gasteiger partial charge in [0.25, 0.3) is 21.8 Å². The molecular weight excluding hydrogens is 630 g/mol. The Morgan fingerprint density at radius 2 is 1.15 bits per heavy atom. The molecule has 244 valence electrons. The summed E-state index contributed by atoms with van der Waals surface area (Å²) < 4.78 is 30.0. The summed E-state index contributed by atoms with van der Waals surface area (Å²) in [5, 5.41) is -0.0000784. The SMILES string of the molecule is O=C(c1ccc(Cl)c(S(=O)(=O)Nc2ccccc2C(=O)N2CCC(Cc3ccccc3)CC2)c1)N1CCC(Cc2ccccc2)CC1. The highest BCUT2D eigenvalue weighted by Gasteiger charge is 2.29. The van der Waals surface area contributed by atoms with Gasteiger partial charge in [-0.2, -0.15) is 0 Å². The lowest BCUT2D eigenvalue weighted by atomic mass is 9.90. The average molecular weight is 670 g/mol. The zero-order valence-electron chi connectivity index (χ0n) is 26.4. The summed E-state index contributed by atoms with van der Waals surface area (Å²) in [7, 11) is -4.23. The number of carbonyl (C=O) groups excluding carboxylic acids is 2. The minimum atomic E-state index is -4.23. The first-order valence-corrected chi connectivity index (χ1v) is 18.2. The lowest BCUT2D eigenvalue weighted by Gasteiger charge is -2.32. The zero-order valence-corrected chi connectivity index (χ0v) is 27.9. The van der Waals surface area contributed by atoms with Gasteiger partial charge in [0.05, 0.1) is 16.3 Å². The normalized spacial score (nSPS) is 16.2. The van der Waals surface area contributed by atoms with Gasteiger partial charge >= 0.3 is 0 Å². The number of nitrogens with zero attached hydrogens (tertiary/aromatic N) is 2. The molecule has 0 saturated carbocycles. The van der Waals surface area contributed by atoms with E-state index in [9.17, 15) is 18.0 Å². The molecule has 0 spiro atoms. The molecule has 0 unspecified atom stereocenters. The van der Waals surface area contributed by atoms with Gasteiger partial charge in [0.1, 0.15) is 4.90 Å². The predicted molar refractivity (Wildman–Crippen MR) is 186 cm³/mol. The number of nitrogens with one attached hydrogen (secondary N) is 1. The summed E-state index contributed by atoms with van der Waals surface area (Å²) in [6.07, 6.45) is 5.50. The van der Waals surface area contributed by atoms with Crippen molar-refractivity contribution in [2.75, 3.05) is 30.9 Å². The third-order valence-electron chi connectivity index (χ3n) is 9.41. The first-order valence-electron chi connectivity index (χ1n) is 16.3. The molecule has 47 heavy (non-hydrogen) atoms. The van der Waals surface area contributed by atoms with E-state index in [-0.39, 0.29) is 38.5 Å². The van der Waals surface area contributed by atoms with Gasteiger partial charge in [-0.05, 0) is 91.8 Å². The molecule has 2 aliphatic rings. The van der Waals surface area contributed by atoms with Gasteiger partial charge in [0.2, 0.25) is 0 Å². The second kappa shape index (κ2) is 14.7. The Balaban J connectivity index is 1.10. The number of para-hydroxylation sites is 1. The van der Waals surface area contributed by atoms with Crippen molar-refractivity contribution in [1.29, 1.82) is 0 Å². The van der Waals surface area contributed by atoms with Crippen LogP contribution in [0, 0.1) is 11.8 Å². The third kappa shape index (κ3) is 8.06. The lowest BCUT2D eigenvalue weighted by molar-refractivity contribution is 0.0683. The summed E-state index contributed by atoms with van der Waals surface area (Å²) in [4.78, 5) is 30.5. The lowest BCUT2D eigenvalue weighted by Crippen LogP contribution is -2.39. The van der Waals surface area contributed by atoms with Crippen molar-refractivity contribution in [3.05, 3.63) is 130 Å². The summed E-state index contributed by atoms with van der Waals surface area (Å²) in [5.41, 5.74) is 3.31. The van der Waals surface area contributed by atoms with Gasteiger partial charge in [-0.1, -0.05) is 84.4 Å². The fourth-order valence-electron chi connectivity index (χ4n) is 6.73. The minimum Gasteiger partial charge on any atom is -0.339 e. The van der Waals surface area contributed by atoms with E-state index in [0.717, 1.165) is 38.5 Å². The average Bonchev–Trinajstić information content (AvgIpc) is 3.09. The van der Waals surface area contributed by atoms with Crippen LogP contribution < -0.4 is 4.72 Å². The van der Waals surface area contributed by atoms with E-state index in [0.29, 0.717) is 38.0 Å². The quantitative estimate of drug-likeness (QED) is 0.202. The van der Waals surface area contributed by atoms with Crippen LogP contribution in [-0.4, -0.2) is 56.2 Å². The Hall–Kier alpha value is -4.14. The molecule has 4 aromatic carbocycles. The predicted octanol–water partition coefficient (Wildman–Crippen LogP) is 7.33. The van der Waals surface area contributed by atoms with Crippen molar-refractivity contribution in [2.24, 2.45) is 11.8 Å². The minimum absolute atomic E-state index is 0.0000784. The van der Waals surface area contributed by atoms with Crippen molar-refractivity contribution in [1.82, 2.24) is 9.80 Å². The number of amides is 2. The van der Waals surface area contributed by atoms with Crippen LogP contribution >= 0.6 is 11.6 Å². The molecule has 2 fully saturated rings. The molecule has 2 saturated heterocycles. The Morgan fingerprint density at radius 3 is 1.70 bits per heavy atom. The molecule has 2 heterocycles. The smallest absolute Gasteiger partial charge is 0.263 e. The molecule has 0 bridgehead atoms. The first-order chi connectivity index (χ1) is 22.8. The van der Waals surface area contributed by atoms with Crippen molar-refractivity contribution in [2.45, 2.75) is 43.4 Å². The zero-order chi connectivity index (χ0) is 32.8. The highest BCUT2D eigenvalue weighted by atomic mass is 35.5. The number of hydrogen-bond donors (Lipinski definition) is 1. The summed E-state index contributed by atoms with van der Waals surface area (Å²) >= 11 is 6.41. The van der Waals surface area contributed by atoms with Gasteiger partial charge in [-0.3, -0.25) is 14.3 Å². The molecule has 7 nitrogen and oxygen atoms in total. The number of benzene rings is 4. The fraction of sp³-hybridized carbons (Fsp3) is 0.316. The number of piperidine rings is 2. The molecule has 0 aromatic heterocycles. The van der Waals surface area contributed by atoms with Gasteiger partial charge in [0.15, 0.2) is 0 Å². The monoisotopic (exact) mass is 669 g/mol. The van der Waals surface area contributed by atoms with E-state index in [1.165, 1.54) is 23.3 Å². The second-order valence-corrected chi connectivity index (χ2v) is 14.7. The van der Waals surface area contributed by atoms with E-state index >= 15 is 0 Å². The maximum Gasteiger partial charge on any atom is 0.263 e. The Bertz CT molecular complexity index is 1800. The Morgan fingerprint density at radius 1 is 0.660 bits per heavy atom. The van der Waals surface area contributed by atoms with Crippen LogP contribution in [0.25, 0.3) is 0 Å². The van der Waals surface area contributed by atoms with E-state index in [4.69, 9.17) is 11.6 Å². The largest absolute Gasteiger partial charge is 0.339 e. The molecule has 9 heteroatoms. The molecular formula is C38H40ClN3O4S. The van der Waals surface area contributed by atoms with Crippen LogP contribution in [0.4, 0.5) is 5.69 Å². The number of rotatable bonds is 9. The number of likely N-dealkylation sites (tertiary alicyclic amines) is 2. The number of halogens is 1. The maximum atomic E-state index is 13.7. The van der Waals surface area contributed by atoms with Crippen LogP contribution in [0.3, 0.4) is 0 Å². The van der Waals surface area contributed by atoms with Crippen LogP contribution in [-0.2, 0) is 22.9 Å². The van der Waals surface area contributed by atoms with Crippen molar-refractivity contribution < 1.29 is 18.0 Å². The second-order valence-electron chi connectivity index (χ2n) is 12.6. The number of sulfonamides is 1. The summed E-state index contributed by atoms with van der Waals surface area (Å²) in [5.74, 6) is 0.554. The molecule has 1 N–H and O–H groups in total. The number of hydrogen-bond acceptors (Lipinski definition) is 4. The van der Waals surface area contributed by atoms with Gasteiger partial charge in [-0.25, -0.2) is 8.42 Å². The van der Waals surface area contributed by atoms with Crippen molar-refractivity contribution in [3.8, 4) is 0 Å². The van der Waals surface area contributed by atoms with Gasteiger partial charge in [0, 0.05) is 31.7 Å². The van der Waals surface area contributed by atoms with Crippen LogP contribution in [0.5, 0.6) is 0 Å². The van der Waals surface area contributed by atoms with Crippen LogP contribution in [0.2, 0.25) is 5.02 Å². The van der Waals surface area contributed by atoms with Gasteiger partial charge in [-0.15, -0.1) is 0 Å². The van der Waals surface area contributed by atoms with Crippen LogP contribution in [0.1, 0.15) is 57.5 Å². The molecule has 2 aliphatic heterocycles. The molecule has 0 atom stereocenters. The van der Waals surface area contributed by atoms with E-state index in [1.54, 1.807) is 40.1 Å². The van der Waals surface area contributed by atoms with Crippen LogP contribution in [0.15, 0.2) is 108 Å². The Labute approximate surface area is 282 Å². The number of anilines is 1. The summed E-state index contributed by atoms with van der Waals surface area (Å²) in [6, 6.07) is 31.7. The Kier molecular flexibility index (Phi) is 10.3. The van der Waals surface area contributed by atoms with E-state index in [2.05, 4.69) is 29.0 Å². The first kappa shape index (κ1) is 32.8.